The molecule has 0 aliphatic rings. The van der Waals surface area contributed by atoms with Crippen LogP contribution in [0.4, 0.5) is 0 Å². The van der Waals surface area contributed by atoms with Crippen LogP contribution in [0.25, 0.3) is 0 Å². The van der Waals surface area contributed by atoms with E-state index < -0.39 is 10.0 Å². The molecule has 0 saturated heterocycles. The molecule has 0 bridgehead atoms. The Morgan fingerprint density at radius 1 is 1.33 bits per heavy atom. The smallest absolute Gasteiger partial charge is 0.241 e. The molecule has 0 unspecified atom stereocenters. The molecule has 0 aliphatic carbocycles. The molecule has 0 aromatic carbocycles. The van der Waals surface area contributed by atoms with E-state index in [-0.39, 0.29) is 6.54 Å². The number of aryl methyl sites for hydroxylation is 2. The van der Waals surface area contributed by atoms with Crippen LogP contribution in [0.1, 0.15) is 27.9 Å². The highest BCUT2D eigenvalue weighted by Gasteiger charge is 2.20. The van der Waals surface area contributed by atoms with E-state index >= 15 is 0 Å². The minimum atomic E-state index is -3.50. The third kappa shape index (κ3) is 3.91. The number of H-pyrrole nitrogens is 1. The van der Waals surface area contributed by atoms with Gasteiger partial charge in [0.1, 0.15) is 0 Å². The number of hydrogen-bond acceptors (Lipinski definition) is 5. The number of aromatic nitrogens is 2. The van der Waals surface area contributed by atoms with E-state index in [1.807, 2.05) is 20.8 Å². The molecule has 0 saturated carbocycles. The predicted octanol–water partition coefficient (Wildman–Crippen LogP) is 1.68. The van der Waals surface area contributed by atoms with Crippen LogP contribution in [-0.4, -0.2) is 25.2 Å². The third-order valence-electron chi connectivity index (χ3n) is 3.15. The van der Waals surface area contributed by atoms with Gasteiger partial charge >= 0.3 is 0 Å². The Balaban J connectivity index is 2.12. The van der Waals surface area contributed by atoms with Crippen molar-refractivity contribution in [2.24, 2.45) is 0 Å². The fourth-order valence-corrected chi connectivity index (χ4v) is 4.54. The minimum Gasteiger partial charge on any atom is -0.312 e. The number of nitrogens with zero attached hydrogens (tertiary/aromatic N) is 1. The molecule has 2 heterocycles. The van der Waals surface area contributed by atoms with Gasteiger partial charge in [0.25, 0.3) is 0 Å². The van der Waals surface area contributed by atoms with Gasteiger partial charge in [-0.3, -0.25) is 5.10 Å². The Kier molecular flexibility index (Phi) is 5.15. The van der Waals surface area contributed by atoms with Gasteiger partial charge < -0.3 is 5.32 Å². The zero-order valence-electron chi connectivity index (χ0n) is 12.4. The van der Waals surface area contributed by atoms with Crippen LogP contribution in [0.5, 0.6) is 0 Å². The molecule has 0 amide bonds. The fourth-order valence-electron chi connectivity index (χ4n) is 1.93. The van der Waals surface area contributed by atoms with Crippen molar-refractivity contribution in [3.63, 3.8) is 0 Å². The van der Waals surface area contributed by atoms with Crippen molar-refractivity contribution in [2.45, 2.75) is 38.8 Å². The lowest BCUT2D eigenvalue weighted by atomic mass is 10.3. The first kappa shape index (κ1) is 16.2. The molecule has 0 fully saturated rings. The summed E-state index contributed by atoms with van der Waals surface area (Å²) in [6.45, 7) is 7.50. The summed E-state index contributed by atoms with van der Waals surface area (Å²) >= 11 is 1.51. The summed E-state index contributed by atoms with van der Waals surface area (Å²) in [7, 11) is -3.50. The third-order valence-corrected chi connectivity index (χ3v) is 5.86. The Morgan fingerprint density at radius 2 is 2.10 bits per heavy atom. The molecule has 0 radical (unpaired) electrons. The Bertz CT molecular complexity index is 704. The van der Waals surface area contributed by atoms with Crippen molar-refractivity contribution < 1.29 is 8.42 Å². The topological polar surface area (TPSA) is 86.9 Å². The van der Waals surface area contributed by atoms with Crippen molar-refractivity contribution in [1.82, 2.24) is 20.2 Å². The lowest BCUT2D eigenvalue weighted by molar-refractivity contribution is 0.581. The van der Waals surface area contributed by atoms with Gasteiger partial charge in [0.05, 0.1) is 11.1 Å². The van der Waals surface area contributed by atoms with E-state index in [0.717, 1.165) is 27.6 Å². The molecule has 21 heavy (non-hydrogen) atoms. The first-order chi connectivity index (χ1) is 9.94. The number of hydrogen-bond donors (Lipinski definition) is 3. The van der Waals surface area contributed by atoms with Crippen LogP contribution in [0.3, 0.4) is 0 Å². The Morgan fingerprint density at radius 3 is 2.71 bits per heavy atom. The summed E-state index contributed by atoms with van der Waals surface area (Å²) in [5.74, 6) is 0. The molecule has 0 spiro atoms. The van der Waals surface area contributed by atoms with Crippen LogP contribution in [0, 0.1) is 13.8 Å². The van der Waals surface area contributed by atoms with E-state index in [1.54, 1.807) is 12.3 Å². The second-order valence-corrected chi connectivity index (χ2v) is 7.83. The van der Waals surface area contributed by atoms with Gasteiger partial charge in [-0.1, -0.05) is 6.92 Å². The first-order valence-corrected chi connectivity index (χ1v) is 9.02. The van der Waals surface area contributed by atoms with Crippen molar-refractivity contribution in [2.75, 3.05) is 6.54 Å². The molecule has 2 aromatic heterocycles. The molecule has 0 aliphatic heterocycles. The lowest BCUT2D eigenvalue weighted by Gasteiger charge is -2.05. The number of nitrogens with one attached hydrogen (secondary N) is 3. The summed E-state index contributed by atoms with van der Waals surface area (Å²) < 4.78 is 27.4. The van der Waals surface area contributed by atoms with Crippen LogP contribution in [-0.2, 0) is 23.1 Å². The molecule has 6 nitrogen and oxygen atoms in total. The zero-order valence-corrected chi connectivity index (χ0v) is 14.0. The maximum atomic E-state index is 12.4. The minimum absolute atomic E-state index is 0.239. The van der Waals surface area contributed by atoms with Gasteiger partial charge in [0.15, 0.2) is 0 Å². The molecule has 116 valence electrons. The summed E-state index contributed by atoms with van der Waals surface area (Å²) in [6.07, 6.45) is 1.63. The molecule has 2 rings (SSSR count). The largest absolute Gasteiger partial charge is 0.312 e. The number of rotatable bonds is 7. The van der Waals surface area contributed by atoms with Crippen molar-refractivity contribution >= 4 is 21.4 Å². The summed E-state index contributed by atoms with van der Waals surface area (Å²) in [5, 5.41) is 9.88. The van der Waals surface area contributed by atoms with E-state index in [9.17, 15) is 8.42 Å². The average Bonchev–Trinajstić information content (AvgIpc) is 3.00. The Labute approximate surface area is 129 Å². The van der Waals surface area contributed by atoms with Crippen LogP contribution >= 0.6 is 11.3 Å². The van der Waals surface area contributed by atoms with Crippen molar-refractivity contribution in [1.29, 1.82) is 0 Å². The highest BCUT2D eigenvalue weighted by molar-refractivity contribution is 7.89. The monoisotopic (exact) mass is 328 g/mol. The van der Waals surface area contributed by atoms with Gasteiger partial charge in [-0.25, -0.2) is 13.1 Å². The van der Waals surface area contributed by atoms with E-state index in [4.69, 9.17) is 0 Å². The van der Waals surface area contributed by atoms with E-state index in [0.29, 0.717) is 11.4 Å². The lowest BCUT2D eigenvalue weighted by Crippen LogP contribution is -2.23. The maximum Gasteiger partial charge on any atom is 0.241 e. The average molecular weight is 328 g/mol. The first-order valence-electron chi connectivity index (χ1n) is 6.72. The highest BCUT2D eigenvalue weighted by atomic mass is 32.2. The normalized spacial score (nSPS) is 12.0. The SMILES string of the molecule is CCNCc1cc(S(=O)(=O)NCc2cn[nH]c2C)c(C)s1. The summed E-state index contributed by atoms with van der Waals surface area (Å²) in [4.78, 5) is 2.19. The van der Waals surface area contributed by atoms with Crippen molar-refractivity contribution in [3.8, 4) is 0 Å². The van der Waals surface area contributed by atoms with Crippen LogP contribution < -0.4 is 10.0 Å². The number of sulfonamides is 1. The summed E-state index contributed by atoms with van der Waals surface area (Å²) in [5.41, 5.74) is 1.71. The second kappa shape index (κ2) is 6.69. The standard InChI is InChI=1S/C13H20N4O2S2/c1-4-14-8-12-5-13(10(3)20-12)21(18,19)16-7-11-6-15-17-9(11)2/h5-6,14,16H,4,7-8H2,1-3H3,(H,15,17). The molecular weight excluding hydrogens is 308 g/mol. The highest BCUT2D eigenvalue weighted by Crippen LogP contribution is 2.25. The molecule has 8 heteroatoms. The van der Waals surface area contributed by atoms with Gasteiger partial charge in [-0.2, -0.15) is 5.10 Å². The van der Waals surface area contributed by atoms with Gasteiger partial charge in [0.2, 0.25) is 10.0 Å². The molecule has 0 atom stereocenters. The molecular formula is C13H20N4O2S2. The van der Waals surface area contributed by atoms with Gasteiger partial charge in [-0.05, 0) is 26.5 Å². The zero-order chi connectivity index (χ0) is 15.5. The van der Waals surface area contributed by atoms with Crippen molar-refractivity contribution in [3.05, 3.63) is 33.3 Å². The predicted molar refractivity (Wildman–Crippen MR) is 83.8 cm³/mol. The summed E-state index contributed by atoms with van der Waals surface area (Å²) in [6, 6.07) is 1.74. The second-order valence-electron chi connectivity index (χ2n) is 4.76. The number of aromatic amines is 1. The Hall–Kier alpha value is -1.22. The molecule has 2 aromatic rings. The quantitative estimate of drug-likeness (QED) is 0.721. The molecule has 3 N–H and O–H groups in total. The van der Waals surface area contributed by atoms with Gasteiger partial charge in [-0.15, -0.1) is 11.3 Å². The number of thiophene rings is 1. The maximum absolute atomic E-state index is 12.4. The van der Waals surface area contributed by atoms with E-state index in [2.05, 4.69) is 20.2 Å². The fraction of sp³-hybridized carbons (Fsp3) is 0.462. The van der Waals surface area contributed by atoms with E-state index in [1.165, 1.54) is 11.3 Å². The van der Waals surface area contributed by atoms with Crippen LogP contribution in [0.2, 0.25) is 0 Å². The van der Waals surface area contributed by atoms with Gasteiger partial charge in [0, 0.05) is 34.1 Å². The van der Waals surface area contributed by atoms with Crippen LogP contribution in [0.15, 0.2) is 17.2 Å².